The van der Waals surface area contributed by atoms with Gasteiger partial charge in [-0.25, -0.2) is 26.8 Å². The van der Waals surface area contributed by atoms with E-state index in [1.54, 1.807) is 36.4 Å². The second-order valence-corrected chi connectivity index (χ2v) is 18.3. The summed E-state index contributed by atoms with van der Waals surface area (Å²) in [6.45, 7) is 1.11. The van der Waals surface area contributed by atoms with E-state index in [4.69, 9.17) is 30.0 Å². The van der Waals surface area contributed by atoms with Crippen LogP contribution in [0.4, 0.5) is 0 Å². The maximum Gasteiger partial charge on any atom is 0.701 e. The molecule has 6 rings (SSSR count). The number of sulfonamides is 2. The summed E-state index contributed by atoms with van der Waals surface area (Å²) in [5.41, 5.74) is 11.1. The van der Waals surface area contributed by atoms with Crippen molar-refractivity contribution >= 4 is 71.1 Å². The number of hydrogen-bond donors (Lipinski definition) is 4. The first-order valence-electron chi connectivity index (χ1n) is 16.2. The van der Waals surface area contributed by atoms with E-state index in [-0.39, 0.29) is 44.1 Å². The van der Waals surface area contributed by atoms with Crippen molar-refractivity contribution in [3.05, 3.63) is 108 Å². The first-order chi connectivity index (χ1) is 26.9. The quantitative estimate of drug-likeness (QED) is 0.0676. The number of nitrogens with one attached hydrogen (secondary N) is 2. The number of pyridine rings is 2. The van der Waals surface area contributed by atoms with Crippen LogP contribution in [0.2, 0.25) is 0 Å². The van der Waals surface area contributed by atoms with E-state index in [0.29, 0.717) is 44.8 Å². The van der Waals surface area contributed by atoms with Gasteiger partial charge in [-0.1, -0.05) is 21.2 Å². The largest absolute Gasteiger partial charge is 0.701 e. The molecule has 0 spiro atoms. The van der Waals surface area contributed by atoms with Crippen LogP contribution in [0.1, 0.15) is 35.0 Å². The zero-order chi connectivity index (χ0) is 39.9. The molecule has 0 radical (unpaired) electrons. The highest BCUT2D eigenvalue weighted by Gasteiger charge is 2.38. The average molecular weight is 854 g/mol. The fraction of sp³-hybridized carbons (Fsp3) is 0.176. The number of aromatic nitrogens is 2. The van der Waals surface area contributed by atoms with Crippen molar-refractivity contribution in [1.29, 1.82) is 10.5 Å². The molecule has 0 amide bonds. The lowest BCUT2D eigenvalue weighted by atomic mass is 10.2. The molecule has 0 aliphatic rings. The highest BCUT2D eigenvalue weighted by atomic mass is 32.3. The van der Waals surface area contributed by atoms with Crippen LogP contribution in [0.15, 0.2) is 93.6 Å². The number of nitrogens with zero attached hydrogens (tertiary/aromatic N) is 4. The molecule has 56 heavy (non-hydrogen) atoms. The van der Waals surface area contributed by atoms with Crippen LogP contribution < -0.4 is 30.4 Å². The molecule has 6 N–H and O–H groups in total. The molecule has 0 fully saturated rings. The van der Waals surface area contributed by atoms with E-state index in [9.17, 15) is 31.9 Å². The number of nitrogens with two attached hydrogens (primary N) is 2. The van der Waals surface area contributed by atoms with Crippen molar-refractivity contribution in [3.8, 4) is 23.6 Å². The SMILES string of the molecule is N#Cc1ccc(C(NS(=O)(=O)c2cc3cc(OCCN)ccc3s2)O[P+](=O)OC(NS(=O)(=O)c2cc3cc(OCCN)ccc3s2)c2ccc(C#N)nc2)cn1. The van der Waals surface area contributed by atoms with Gasteiger partial charge in [0.1, 0.15) is 56.7 Å². The first kappa shape index (κ1) is 40.7. The molecule has 0 aliphatic heterocycles. The third-order valence-electron chi connectivity index (χ3n) is 7.55. The Hall–Kier alpha value is -5.00. The molecule has 6 aromatic rings. The molecule has 0 saturated carbocycles. The van der Waals surface area contributed by atoms with Gasteiger partial charge in [-0.15, -0.1) is 22.7 Å². The molecule has 4 aromatic heterocycles. The second kappa shape index (κ2) is 17.9. The third kappa shape index (κ3) is 9.86. The summed E-state index contributed by atoms with van der Waals surface area (Å²) < 4.78 is 96.9. The number of nitriles is 2. The fourth-order valence-electron chi connectivity index (χ4n) is 4.94. The lowest BCUT2D eigenvalue weighted by Gasteiger charge is -2.15. The molecule has 0 aliphatic carbocycles. The molecule has 2 aromatic carbocycles. The molecule has 2 unspecified atom stereocenters. The smallest absolute Gasteiger partial charge is 0.492 e. The molecule has 0 bridgehead atoms. The summed E-state index contributed by atoms with van der Waals surface area (Å²) in [6.07, 6.45) is -1.13. The van der Waals surface area contributed by atoms with Gasteiger partial charge in [0.2, 0.25) is 12.5 Å². The molecule has 17 nitrogen and oxygen atoms in total. The van der Waals surface area contributed by atoms with Gasteiger partial charge in [0.15, 0.2) is 0 Å². The Kier molecular flexibility index (Phi) is 13.0. The molecule has 22 heteroatoms. The Bertz CT molecular complexity index is 2500. The molecule has 2 atom stereocenters. The summed E-state index contributed by atoms with van der Waals surface area (Å²) in [4.78, 5) is 7.94. The molecule has 288 valence electrons. The highest BCUT2D eigenvalue weighted by molar-refractivity contribution is 7.92. The van der Waals surface area contributed by atoms with E-state index >= 15 is 0 Å². The van der Waals surface area contributed by atoms with Gasteiger partial charge >= 0.3 is 8.25 Å². The molecular weight excluding hydrogens is 824 g/mol. The van der Waals surface area contributed by atoms with Crippen molar-refractivity contribution in [2.75, 3.05) is 26.3 Å². The molecule has 4 heterocycles. The molecular formula is C34H30N8O9PS4+. The summed E-state index contributed by atoms with van der Waals surface area (Å²) in [6, 6.07) is 21.9. The van der Waals surface area contributed by atoms with Crippen LogP contribution >= 0.6 is 30.9 Å². The van der Waals surface area contributed by atoms with Gasteiger partial charge in [-0.3, -0.25) is 0 Å². The fourth-order valence-corrected chi connectivity index (χ4v) is 10.8. The molecule has 0 saturated heterocycles. The predicted octanol–water partition coefficient (Wildman–Crippen LogP) is 4.67. The second-order valence-electron chi connectivity index (χ2n) is 11.4. The van der Waals surface area contributed by atoms with Gasteiger partial charge in [0.25, 0.3) is 20.0 Å². The summed E-state index contributed by atoms with van der Waals surface area (Å²) in [5.74, 6) is 0.988. The number of rotatable bonds is 18. The van der Waals surface area contributed by atoms with Crippen LogP contribution in [-0.4, -0.2) is 53.1 Å². The zero-order valence-corrected chi connectivity index (χ0v) is 32.9. The van der Waals surface area contributed by atoms with Crippen molar-refractivity contribution in [2.45, 2.75) is 20.9 Å². The van der Waals surface area contributed by atoms with Gasteiger partial charge in [-0.05, 0) is 71.4 Å². The maximum atomic E-state index is 13.8. The van der Waals surface area contributed by atoms with E-state index in [2.05, 4.69) is 19.4 Å². The first-order valence-corrected chi connectivity index (χ1v) is 21.9. The average Bonchev–Trinajstić information content (AvgIpc) is 3.84. The minimum atomic E-state index is -4.40. The Labute approximate surface area is 329 Å². The monoisotopic (exact) mass is 853 g/mol. The van der Waals surface area contributed by atoms with E-state index in [1.807, 2.05) is 12.1 Å². The summed E-state index contributed by atoms with van der Waals surface area (Å²) in [5, 5.41) is 19.7. The number of thiophene rings is 2. The standard InChI is InChI=1S/C34H30N8O9PS4/c35-9-11-48-27-5-7-29-23(13-27)15-31(53-29)55(44,45)41-33(21-1-3-25(17-37)39-19-21)50-52(43)51-34(22-2-4-26(18-38)40-20-22)42-56(46,47)32-16-24-14-28(49-12-10-36)6-8-30(24)54-32/h1-8,13-16,19-20,33-34,41-42H,9-12,35-36H2/q+1. The van der Waals surface area contributed by atoms with E-state index < -0.39 is 40.8 Å². The third-order valence-corrected chi connectivity index (χ3v) is 14.3. The number of ether oxygens (including phenoxy) is 2. The minimum Gasteiger partial charge on any atom is -0.492 e. The summed E-state index contributed by atoms with van der Waals surface area (Å²) in [7, 11) is -12.2. The van der Waals surface area contributed by atoms with Gasteiger partial charge in [0.05, 0.1) is 0 Å². The Morgan fingerprint density at radius 1 is 0.679 bits per heavy atom. The normalized spacial score (nSPS) is 13.2. The van der Waals surface area contributed by atoms with Crippen LogP contribution in [0, 0.1) is 22.7 Å². The van der Waals surface area contributed by atoms with E-state index in [0.717, 1.165) is 35.1 Å². The predicted molar refractivity (Wildman–Crippen MR) is 207 cm³/mol. The van der Waals surface area contributed by atoms with Gasteiger partial charge in [-0.2, -0.15) is 20.0 Å². The minimum absolute atomic E-state index is 0.0106. The van der Waals surface area contributed by atoms with Crippen molar-refractivity contribution in [2.24, 2.45) is 11.5 Å². The highest BCUT2D eigenvalue weighted by Crippen LogP contribution is 2.40. The lowest BCUT2D eigenvalue weighted by Crippen LogP contribution is -2.30. The Morgan fingerprint density at radius 2 is 1.11 bits per heavy atom. The number of hydrogen-bond acceptors (Lipinski definition) is 17. The number of benzene rings is 2. The van der Waals surface area contributed by atoms with Crippen molar-refractivity contribution in [3.63, 3.8) is 0 Å². The Balaban J connectivity index is 1.28. The van der Waals surface area contributed by atoms with Crippen LogP contribution in [0.3, 0.4) is 0 Å². The van der Waals surface area contributed by atoms with Crippen molar-refractivity contribution < 1.29 is 39.9 Å². The zero-order valence-electron chi connectivity index (χ0n) is 28.8. The van der Waals surface area contributed by atoms with Gasteiger partial charge in [0, 0.05) is 50.6 Å². The lowest BCUT2D eigenvalue weighted by molar-refractivity contribution is 0.119. The Morgan fingerprint density at radius 3 is 1.46 bits per heavy atom. The van der Waals surface area contributed by atoms with E-state index in [1.165, 1.54) is 36.4 Å². The topological polar surface area (TPSA) is 272 Å². The summed E-state index contributed by atoms with van der Waals surface area (Å²) >= 11 is 1.91. The van der Waals surface area contributed by atoms with Crippen molar-refractivity contribution in [1.82, 2.24) is 19.4 Å². The maximum absolute atomic E-state index is 13.8. The van der Waals surface area contributed by atoms with Crippen LogP contribution in [0.25, 0.3) is 20.2 Å². The van der Waals surface area contributed by atoms with Gasteiger partial charge < -0.3 is 20.9 Å². The van der Waals surface area contributed by atoms with Crippen LogP contribution in [-0.2, 0) is 33.7 Å². The number of fused-ring (bicyclic) bond motifs is 2. The van der Waals surface area contributed by atoms with Crippen LogP contribution in [0.5, 0.6) is 11.5 Å².